The number of nitrogens with zero attached hydrogens (tertiary/aromatic N) is 2. The molecule has 0 atom stereocenters. The number of rotatable bonds is 4. The Morgan fingerprint density at radius 2 is 2.13 bits per heavy atom. The summed E-state index contributed by atoms with van der Waals surface area (Å²) in [5.41, 5.74) is 3.72. The molecule has 1 aromatic carbocycles. The van der Waals surface area contributed by atoms with Crippen molar-refractivity contribution < 1.29 is 4.79 Å². The van der Waals surface area contributed by atoms with Gasteiger partial charge in [0.05, 0.1) is 12.2 Å². The fraction of sp³-hybridized carbons (Fsp3) is 0.263. The first kappa shape index (κ1) is 15.3. The van der Waals surface area contributed by atoms with E-state index in [1.165, 1.54) is 0 Å². The average molecular weight is 307 g/mol. The number of nitrogens with one attached hydrogen (secondary N) is 1. The van der Waals surface area contributed by atoms with E-state index in [9.17, 15) is 4.79 Å². The van der Waals surface area contributed by atoms with Crippen LogP contribution < -0.4 is 5.32 Å². The highest BCUT2D eigenvalue weighted by Gasteiger charge is 2.18. The minimum atomic E-state index is 0.105. The molecule has 0 saturated carbocycles. The molecule has 0 spiro atoms. The maximum atomic E-state index is 12.7. The fourth-order valence-electron chi connectivity index (χ4n) is 2.74. The van der Waals surface area contributed by atoms with Crippen molar-refractivity contribution in [3.8, 4) is 0 Å². The molecule has 1 amide bonds. The summed E-state index contributed by atoms with van der Waals surface area (Å²) >= 11 is 0. The van der Waals surface area contributed by atoms with Crippen molar-refractivity contribution in [3.63, 3.8) is 0 Å². The highest BCUT2D eigenvalue weighted by Crippen LogP contribution is 2.21. The van der Waals surface area contributed by atoms with Crippen molar-refractivity contribution in [1.82, 2.24) is 9.88 Å². The third kappa shape index (κ3) is 3.59. The van der Waals surface area contributed by atoms with Gasteiger partial charge in [0.2, 0.25) is 0 Å². The van der Waals surface area contributed by atoms with Gasteiger partial charge in [-0.25, -0.2) is 0 Å². The summed E-state index contributed by atoms with van der Waals surface area (Å²) in [6, 6.07) is 11.7. The number of aromatic nitrogens is 1. The summed E-state index contributed by atoms with van der Waals surface area (Å²) < 4.78 is 0. The van der Waals surface area contributed by atoms with Crippen LogP contribution in [-0.2, 0) is 6.54 Å². The fourth-order valence-corrected chi connectivity index (χ4v) is 2.74. The van der Waals surface area contributed by atoms with Crippen LogP contribution in [0.25, 0.3) is 0 Å². The summed E-state index contributed by atoms with van der Waals surface area (Å²) in [6.07, 6.45) is 6.90. The molecule has 1 aromatic heterocycles. The molecular weight excluding hydrogens is 286 g/mol. The van der Waals surface area contributed by atoms with Crippen LogP contribution in [0.2, 0.25) is 0 Å². The molecule has 0 radical (unpaired) electrons. The van der Waals surface area contributed by atoms with E-state index in [-0.39, 0.29) is 5.91 Å². The molecule has 4 nitrogen and oxygen atoms in total. The first-order valence-corrected chi connectivity index (χ1v) is 7.93. The smallest absolute Gasteiger partial charge is 0.254 e. The summed E-state index contributed by atoms with van der Waals surface area (Å²) in [4.78, 5) is 18.9. The van der Waals surface area contributed by atoms with Gasteiger partial charge < -0.3 is 10.2 Å². The van der Waals surface area contributed by atoms with Crippen LogP contribution in [0.1, 0.15) is 28.0 Å². The van der Waals surface area contributed by atoms with Crippen LogP contribution >= 0.6 is 0 Å². The Labute approximate surface area is 136 Å². The summed E-state index contributed by atoms with van der Waals surface area (Å²) in [5.74, 6) is 0.105. The lowest BCUT2D eigenvalue weighted by Gasteiger charge is -2.24. The predicted molar refractivity (Wildman–Crippen MR) is 92.4 cm³/mol. The standard InChI is InChI=1S/C19H21N3O/c1-15-17(19(23)22-12-5-2-6-13-22)9-7-10-18(15)21-14-16-8-3-4-11-20-16/h2-5,7-11,21H,6,12-14H2,1H3. The van der Waals surface area contributed by atoms with E-state index in [2.05, 4.69) is 22.5 Å². The number of hydrogen-bond donors (Lipinski definition) is 1. The zero-order valence-electron chi connectivity index (χ0n) is 13.3. The van der Waals surface area contributed by atoms with Crippen LogP contribution in [0.15, 0.2) is 54.7 Å². The van der Waals surface area contributed by atoms with E-state index in [4.69, 9.17) is 0 Å². The maximum absolute atomic E-state index is 12.7. The Kier molecular flexibility index (Phi) is 4.71. The number of pyridine rings is 1. The molecular formula is C19H21N3O. The lowest BCUT2D eigenvalue weighted by Crippen LogP contribution is -2.34. The molecule has 0 saturated heterocycles. The average Bonchev–Trinajstić information content (AvgIpc) is 2.62. The maximum Gasteiger partial charge on any atom is 0.254 e. The zero-order chi connectivity index (χ0) is 16.1. The zero-order valence-corrected chi connectivity index (χ0v) is 13.3. The van der Waals surface area contributed by atoms with Crippen molar-refractivity contribution in [2.75, 3.05) is 18.4 Å². The van der Waals surface area contributed by atoms with Gasteiger partial charge in [-0.1, -0.05) is 24.3 Å². The normalized spacial score (nSPS) is 13.9. The third-order valence-electron chi connectivity index (χ3n) is 4.10. The predicted octanol–water partition coefficient (Wildman–Crippen LogP) is 3.40. The number of anilines is 1. The highest BCUT2D eigenvalue weighted by molar-refractivity contribution is 5.97. The molecule has 3 rings (SSSR count). The second-order valence-electron chi connectivity index (χ2n) is 5.66. The Hall–Kier alpha value is -2.62. The number of carbonyl (C=O) groups excluding carboxylic acids is 1. The van der Waals surface area contributed by atoms with Crippen LogP contribution in [0.3, 0.4) is 0 Å². The Balaban J connectivity index is 1.75. The van der Waals surface area contributed by atoms with E-state index in [0.29, 0.717) is 13.1 Å². The molecule has 0 bridgehead atoms. The van der Waals surface area contributed by atoms with Gasteiger partial charge in [-0.3, -0.25) is 9.78 Å². The van der Waals surface area contributed by atoms with Crippen molar-refractivity contribution in [2.45, 2.75) is 19.9 Å². The molecule has 2 aromatic rings. The van der Waals surface area contributed by atoms with Crippen molar-refractivity contribution >= 4 is 11.6 Å². The monoisotopic (exact) mass is 307 g/mol. The topological polar surface area (TPSA) is 45.2 Å². The van der Waals surface area contributed by atoms with E-state index in [0.717, 1.165) is 35.5 Å². The molecule has 1 aliphatic heterocycles. The Morgan fingerprint density at radius 3 is 2.87 bits per heavy atom. The lowest BCUT2D eigenvalue weighted by atomic mass is 10.0. The molecule has 4 heteroatoms. The minimum Gasteiger partial charge on any atom is -0.379 e. The molecule has 23 heavy (non-hydrogen) atoms. The van der Waals surface area contributed by atoms with Gasteiger partial charge >= 0.3 is 0 Å². The quantitative estimate of drug-likeness (QED) is 0.881. The number of hydrogen-bond acceptors (Lipinski definition) is 3. The third-order valence-corrected chi connectivity index (χ3v) is 4.10. The molecule has 0 fully saturated rings. The van der Waals surface area contributed by atoms with Crippen LogP contribution in [-0.4, -0.2) is 28.9 Å². The SMILES string of the molecule is Cc1c(NCc2ccccn2)cccc1C(=O)N1CC=CCC1. The Morgan fingerprint density at radius 1 is 1.22 bits per heavy atom. The van der Waals surface area contributed by atoms with Crippen molar-refractivity contribution in [1.29, 1.82) is 0 Å². The number of carbonyl (C=O) groups is 1. The van der Waals surface area contributed by atoms with Gasteiger partial charge in [-0.2, -0.15) is 0 Å². The van der Waals surface area contributed by atoms with Gasteiger partial charge in [0.1, 0.15) is 0 Å². The first-order chi connectivity index (χ1) is 11.3. The number of amides is 1. The van der Waals surface area contributed by atoms with Crippen molar-refractivity contribution in [2.24, 2.45) is 0 Å². The van der Waals surface area contributed by atoms with Crippen LogP contribution in [0.5, 0.6) is 0 Å². The molecule has 1 N–H and O–H groups in total. The molecule has 118 valence electrons. The lowest BCUT2D eigenvalue weighted by molar-refractivity contribution is 0.0770. The summed E-state index contributed by atoms with van der Waals surface area (Å²) in [6.45, 7) is 4.13. The molecule has 0 unspecified atom stereocenters. The van der Waals surface area contributed by atoms with Crippen LogP contribution in [0.4, 0.5) is 5.69 Å². The van der Waals surface area contributed by atoms with E-state index in [1.807, 2.05) is 48.2 Å². The van der Waals surface area contributed by atoms with Gasteiger partial charge in [0.15, 0.2) is 0 Å². The minimum absolute atomic E-state index is 0.105. The second-order valence-corrected chi connectivity index (χ2v) is 5.66. The van der Waals surface area contributed by atoms with Gasteiger partial charge in [-0.15, -0.1) is 0 Å². The summed E-state index contributed by atoms with van der Waals surface area (Å²) in [5, 5.41) is 3.38. The molecule has 0 aliphatic carbocycles. The molecule has 2 heterocycles. The van der Waals surface area contributed by atoms with Crippen molar-refractivity contribution in [3.05, 3.63) is 71.6 Å². The van der Waals surface area contributed by atoms with Gasteiger partial charge in [-0.05, 0) is 43.2 Å². The Bertz CT molecular complexity index is 710. The first-order valence-electron chi connectivity index (χ1n) is 7.93. The van der Waals surface area contributed by atoms with E-state index in [1.54, 1.807) is 6.20 Å². The largest absolute Gasteiger partial charge is 0.379 e. The van der Waals surface area contributed by atoms with Gasteiger partial charge in [0.25, 0.3) is 5.91 Å². The van der Waals surface area contributed by atoms with Gasteiger partial charge in [0, 0.05) is 30.5 Å². The van der Waals surface area contributed by atoms with E-state index < -0.39 is 0 Å². The highest BCUT2D eigenvalue weighted by atomic mass is 16.2. The van der Waals surface area contributed by atoms with E-state index >= 15 is 0 Å². The summed E-state index contributed by atoms with van der Waals surface area (Å²) in [7, 11) is 0. The second kappa shape index (κ2) is 7.09. The van der Waals surface area contributed by atoms with Crippen LogP contribution in [0, 0.1) is 6.92 Å². The number of benzene rings is 1. The molecule has 1 aliphatic rings.